The fourth-order valence-corrected chi connectivity index (χ4v) is 3.41. The molecule has 0 saturated carbocycles. The highest BCUT2D eigenvalue weighted by molar-refractivity contribution is 6.35. The van der Waals surface area contributed by atoms with Gasteiger partial charge >= 0.3 is 11.8 Å². The maximum absolute atomic E-state index is 12.0. The Balaban J connectivity index is 1.43. The number of amides is 2. The lowest BCUT2D eigenvalue weighted by atomic mass is 10.0. The largest absolute Gasteiger partial charge is 0.489 e. The molecule has 3 aromatic rings. The van der Waals surface area contributed by atoms with Crippen LogP contribution in [-0.4, -0.2) is 18.0 Å². The first-order valence-electron chi connectivity index (χ1n) is 10.7. The van der Waals surface area contributed by atoms with Crippen molar-refractivity contribution >= 4 is 41.2 Å². The Labute approximate surface area is 208 Å². The highest BCUT2D eigenvalue weighted by atomic mass is 35.5. The van der Waals surface area contributed by atoms with Gasteiger partial charge in [0.25, 0.3) is 0 Å². The minimum Gasteiger partial charge on any atom is -0.489 e. The summed E-state index contributed by atoms with van der Waals surface area (Å²) in [6.07, 6.45) is 1.44. The molecule has 0 fully saturated rings. The summed E-state index contributed by atoms with van der Waals surface area (Å²) >= 11 is 12.0. The fourth-order valence-electron chi connectivity index (χ4n) is 2.95. The van der Waals surface area contributed by atoms with E-state index in [1.807, 2.05) is 30.3 Å². The Kier molecular flexibility index (Phi) is 9.08. The van der Waals surface area contributed by atoms with Crippen LogP contribution in [-0.2, 0) is 22.7 Å². The standard InChI is InChI=1S/C26H25Cl2N3O3/c1-17(2)20-7-3-18(4-8-20)14-29-25(32)26(33)31-30-15-19-5-11-23(12-6-19)34-16-21-9-10-22(27)13-24(21)28/h3-13,15,17H,14,16H2,1-2H3,(H,29,32)(H,31,33)/b30-15-. The lowest BCUT2D eigenvalue weighted by Gasteiger charge is -2.08. The summed E-state index contributed by atoms with van der Waals surface area (Å²) in [7, 11) is 0. The van der Waals surface area contributed by atoms with Crippen LogP contribution in [0.5, 0.6) is 5.75 Å². The predicted molar refractivity (Wildman–Crippen MR) is 135 cm³/mol. The number of nitrogens with one attached hydrogen (secondary N) is 2. The minimum absolute atomic E-state index is 0.261. The highest BCUT2D eigenvalue weighted by Crippen LogP contribution is 2.22. The Morgan fingerprint density at radius 3 is 2.32 bits per heavy atom. The van der Waals surface area contributed by atoms with E-state index in [0.29, 0.717) is 28.3 Å². The zero-order chi connectivity index (χ0) is 24.5. The molecule has 0 radical (unpaired) electrons. The van der Waals surface area contributed by atoms with Crippen molar-refractivity contribution in [2.75, 3.05) is 0 Å². The van der Waals surface area contributed by atoms with Gasteiger partial charge in [0.1, 0.15) is 12.4 Å². The quantitative estimate of drug-likeness (QED) is 0.246. The van der Waals surface area contributed by atoms with Crippen LogP contribution in [0.15, 0.2) is 71.8 Å². The molecule has 3 aromatic carbocycles. The van der Waals surface area contributed by atoms with Crippen LogP contribution >= 0.6 is 23.2 Å². The molecule has 0 aliphatic rings. The number of rotatable bonds is 8. The summed E-state index contributed by atoms with van der Waals surface area (Å²) in [5.41, 5.74) is 5.90. The summed E-state index contributed by atoms with van der Waals surface area (Å²) in [5.74, 6) is -0.512. The molecule has 0 atom stereocenters. The normalized spacial score (nSPS) is 11.0. The zero-order valence-corrected chi connectivity index (χ0v) is 20.4. The summed E-state index contributed by atoms with van der Waals surface area (Å²) < 4.78 is 5.73. The van der Waals surface area contributed by atoms with Crippen LogP contribution in [0.25, 0.3) is 0 Å². The van der Waals surface area contributed by atoms with E-state index < -0.39 is 11.8 Å². The van der Waals surface area contributed by atoms with E-state index in [0.717, 1.165) is 16.7 Å². The van der Waals surface area contributed by atoms with Crippen molar-refractivity contribution in [1.29, 1.82) is 0 Å². The van der Waals surface area contributed by atoms with E-state index in [1.165, 1.54) is 11.8 Å². The van der Waals surface area contributed by atoms with E-state index in [-0.39, 0.29) is 6.54 Å². The molecule has 2 amide bonds. The van der Waals surface area contributed by atoms with Crippen molar-refractivity contribution in [3.05, 3.63) is 99.0 Å². The maximum Gasteiger partial charge on any atom is 0.329 e. The van der Waals surface area contributed by atoms with Gasteiger partial charge in [-0.15, -0.1) is 0 Å². The number of benzene rings is 3. The van der Waals surface area contributed by atoms with Gasteiger partial charge in [-0.3, -0.25) is 9.59 Å². The molecule has 0 unspecified atom stereocenters. The average Bonchev–Trinajstić information content (AvgIpc) is 2.83. The van der Waals surface area contributed by atoms with Crippen LogP contribution in [0.4, 0.5) is 0 Å². The summed E-state index contributed by atoms with van der Waals surface area (Å²) in [6, 6.07) is 20.2. The lowest BCUT2D eigenvalue weighted by Crippen LogP contribution is -2.37. The van der Waals surface area contributed by atoms with Gasteiger partial charge in [-0.2, -0.15) is 5.10 Å². The van der Waals surface area contributed by atoms with Crippen molar-refractivity contribution in [2.24, 2.45) is 5.10 Å². The van der Waals surface area contributed by atoms with Crippen molar-refractivity contribution in [3.8, 4) is 5.75 Å². The molecule has 34 heavy (non-hydrogen) atoms. The number of halogens is 2. The van der Waals surface area contributed by atoms with Crippen LogP contribution in [0, 0.1) is 0 Å². The molecule has 0 bridgehead atoms. The third-order valence-corrected chi connectivity index (χ3v) is 5.56. The smallest absolute Gasteiger partial charge is 0.329 e. The number of hydrogen-bond acceptors (Lipinski definition) is 4. The fraction of sp³-hybridized carbons (Fsp3) is 0.192. The minimum atomic E-state index is -0.838. The topological polar surface area (TPSA) is 79.8 Å². The zero-order valence-electron chi connectivity index (χ0n) is 18.8. The van der Waals surface area contributed by atoms with Crippen LogP contribution in [0.3, 0.4) is 0 Å². The number of carbonyl (C=O) groups is 2. The van der Waals surface area contributed by atoms with Gasteiger partial charge in [0.05, 0.1) is 6.21 Å². The number of hydrazone groups is 1. The van der Waals surface area contributed by atoms with Crippen LogP contribution in [0.2, 0.25) is 10.0 Å². The van der Waals surface area contributed by atoms with Gasteiger partial charge in [-0.05, 0) is 59.0 Å². The molecule has 0 spiro atoms. The molecule has 0 aliphatic carbocycles. The summed E-state index contributed by atoms with van der Waals surface area (Å²) in [4.78, 5) is 23.9. The molecule has 176 valence electrons. The SMILES string of the molecule is CC(C)c1ccc(CNC(=O)C(=O)N/N=C\c2ccc(OCc3ccc(Cl)cc3Cl)cc2)cc1. The second-order valence-corrected chi connectivity index (χ2v) is 8.72. The van der Waals surface area contributed by atoms with Crippen LogP contribution < -0.4 is 15.5 Å². The van der Waals surface area contributed by atoms with Gasteiger partial charge in [0.15, 0.2) is 0 Å². The molecule has 6 nitrogen and oxygen atoms in total. The number of carbonyl (C=O) groups excluding carboxylic acids is 2. The maximum atomic E-state index is 12.0. The van der Waals surface area contributed by atoms with Gasteiger partial charge < -0.3 is 10.1 Å². The first-order valence-corrected chi connectivity index (χ1v) is 11.4. The van der Waals surface area contributed by atoms with Gasteiger partial charge in [0.2, 0.25) is 0 Å². The second-order valence-electron chi connectivity index (χ2n) is 7.87. The molecule has 2 N–H and O–H groups in total. The number of ether oxygens (including phenoxy) is 1. The number of nitrogens with zero attached hydrogens (tertiary/aromatic N) is 1. The van der Waals surface area contributed by atoms with Crippen LogP contribution in [0.1, 0.15) is 42.0 Å². The highest BCUT2D eigenvalue weighted by Gasteiger charge is 2.12. The van der Waals surface area contributed by atoms with E-state index in [1.54, 1.807) is 36.4 Å². The molecule has 0 aliphatic heterocycles. The molecule has 0 saturated heterocycles. The van der Waals surface area contributed by atoms with E-state index in [9.17, 15) is 9.59 Å². The van der Waals surface area contributed by atoms with Crippen molar-refractivity contribution in [1.82, 2.24) is 10.7 Å². The molecule has 0 aromatic heterocycles. The van der Waals surface area contributed by atoms with Crippen molar-refractivity contribution in [2.45, 2.75) is 32.9 Å². The predicted octanol–water partition coefficient (Wildman–Crippen LogP) is 5.46. The monoisotopic (exact) mass is 497 g/mol. The Bertz CT molecular complexity index is 1160. The van der Waals surface area contributed by atoms with E-state index in [2.05, 4.69) is 29.7 Å². The third kappa shape index (κ3) is 7.61. The van der Waals surface area contributed by atoms with Gasteiger partial charge in [-0.25, -0.2) is 5.43 Å². The molecule has 0 heterocycles. The Morgan fingerprint density at radius 2 is 1.68 bits per heavy atom. The lowest BCUT2D eigenvalue weighted by molar-refractivity contribution is -0.139. The molecule has 8 heteroatoms. The average molecular weight is 498 g/mol. The van der Waals surface area contributed by atoms with E-state index >= 15 is 0 Å². The Morgan fingerprint density at radius 1 is 0.971 bits per heavy atom. The molecular weight excluding hydrogens is 473 g/mol. The van der Waals surface area contributed by atoms with E-state index in [4.69, 9.17) is 27.9 Å². The number of hydrogen-bond donors (Lipinski definition) is 2. The third-order valence-electron chi connectivity index (χ3n) is 4.97. The van der Waals surface area contributed by atoms with Gasteiger partial charge in [-0.1, -0.05) is 67.4 Å². The molecular formula is C26H25Cl2N3O3. The second kappa shape index (κ2) is 12.2. The van der Waals surface area contributed by atoms with Crippen molar-refractivity contribution in [3.63, 3.8) is 0 Å². The molecule has 3 rings (SSSR count). The first kappa shape index (κ1) is 25.3. The first-order chi connectivity index (χ1) is 16.3. The van der Waals surface area contributed by atoms with Gasteiger partial charge in [0, 0.05) is 22.2 Å². The summed E-state index contributed by atoms with van der Waals surface area (Å²) in [6.45, 7) is 4.79. The van der Waals surface area contributed by atoms with Crippen molar-refractivity contribution < 1.29 is 14.3 Å². The summed E-state index contributed by atoms with van der Waals surface area (Å²) in [5, 5.41) is 7.53. The Hall–Kier alpha value is -3.35.